The maximum atomic E-state index is 13.6. The molecule has 1 saturated heterocycles. The molecule has 36 heavy (non-hydrogen) atoms. The third kappa shape index (κ3) is 4.91. The zero-order chi connectivity index (χ0) is 25.3. The van der Waals surface area contributed by atoms with Crippen LogP contribution in [0.25, 0.3) is 10.9 Å². The highest BCUT2D eigenvalue weighted by molar-refractivity contribution is 5.80. The van der Waals surface area contributed by atoms with Crippen LogP contribution in [0, 0.1) is 0 Å². The number of hydrogen-bond acceptors (Lipinski definition) is 8. The number of pyridine rings is 1. The summed E-state index contributed by atoms with van der Waals surface area (Å²) in [5.41, 5.74) is 0.679. The molecule has 0 spiro atoms. The molecule has 10 heteroatoms. The molecule has 1 fully saturated rings. The molecule has 4 aromatic rings. The summed E-state index contributed by atoms with van der Waals surface area (Å²) in [7, 11) is 1.63. The van der Waals surface area contributed by atoms with Crippen LogP contribution < -0.4 is 10.3 Å². The van der Waals surface area contributed by atoms with Gasteiger partial charge >= 0.3 is 0 Å². The maximum Gasteiger partial charge on any atom is 0.253 e. The van der Waals surface area contributed by atoms with Gasteiger partial charge in [0.1, 0.15) is 17.6 Å². The lowest BCUT2D eigenvalue weighted by atomic mass is 10.0. The Labute approximate surface area is 209 Å². The lowest BCUT2D eigenvalue weighted by molar-refractivity contribution is 0.0536. The van der Waals surface area contributed by atoms with Crippen LogP contribution in [0.15, 0.2) is 51.9 Å². The highest BCUT2D eigenvalue weighted by Gasteiger charge is 2.35. The van der Waals surface area contributed by atoms with Crippen LogP contribution in [0.4, 0.5) is 0 Å². The molecule has 10 nitrogen and oxygen atoms in total. The number of nitrogens with one attached hydrogen (secondary N) is 1. The molecule has 1 aliphatic rings. The van der Waals surface area contributed by atoms with E-state index in [1.165, 1.54) is 0 Å². The van der Waals surface area contributed by atoms with E-state index in [1.807, 2.05) is 57.2 Å². The average molecular weight is 493 g/mol. The van der Waals surface area contributed by atoms with E-state index < -0.39 is 11.6 Å². The summed E-state index contributed by atoms with van der Waals surface area (Å²) in [6.07, 6.45) is 3.67. The van der Waals surface area contributed by atoms with Gasteiger partial charge in [-0.15, -0.1) is 5.10 Å². The number of benzene rings is 1. The number of rotatable bonds is 8. The molecule has 0 bridgehead atoms. The number of furan rings is 1. The summed E-state index contributed by atoms with van der Waals surface area (Å²) in [6.45, 7) is 7.91. The van der Waals surface area contributed by atoms with Gasteiger partial charge in [-0.2, -0.15) is 0 Å². The second kappa shape index (κ2) is 9.87. The van der Waals surface area contributed by atoms with Crippen LogP contribution in [0.5, 0.6) is 5.75 Å². The van der Waals surface area contributed by atoms with Gasteiger partial charge < -0.3 is 18.9 Å². The molecule has 0 amide bonds. The van der Waals surface area contributed by atoms with E-state index in [0.717, 1.165) is 36.1 Å². The molecule has 2 atom stereocenters. The second-order valence-corrected chi connectivity index (χ2v) is 10.2. The molecule has 5 rings (SSSR count). The van der Waals surface area contributed by atoms with Crippen molar-refractivity contribution in [2.45, 2.75) is 57.8 Å². The van der Waals surface area contributed by atoms with E-state index in [1.54, 1.807) is 18.1 Å². The Bertz CT molecular complexity index is 1370. The molecule has 0 aliphatic carbocycles. The van der Waals surface area contributed by atoms with Crippen molar-refractivity contribution in [3.63, 3.8) is 0 Å². The summed E-state index contributed by atoms with van der Waals surface area (Å²) in [4.78, 5) is 18.8. The maximum absolute atomic E-state index is 13.6. The van der Waals surface area contributed by atoms with Gasteiger partial charge in [-0.25, -0.2) is 4.68 Å². The van der Waals surface area contributed by atoms with E-state index in [2.05, 4.69) is 25.4 Å². The highest BCUT2D eigenvalue weighted by Crippen LogP contribution is 2.32. The third-order valence-electron chi connectivity index (χ3n) is 6.51. The topological polar surface area (TPSA) is 111 Å². The fourth-order valence-corrected chi connectivity index (χ4v) is 4.79. The normalized spacial score (nSPS) is 17.2. The predicted molar refractivity (Wildman–Crippen MR) is 134 cm³/mol. The van der Waals surface area contributed by atoms with Gasteiger partial charge in [0.05, 0.1) is 31.6 Å². The molecule has 1 N–H and O–H groups in total. The van der Waals surface area contributed by atoms with Crippen LogP contribution in [0.3, 0.4) is 0 Å². The number of H-pyrrole nitrogens is 1. The van der Waals surface area contributed by atoms with Gasteiger partial charge in [0.2, 0.25) is 0 Å². The van der Waals surface area contributed by atoms with Crippen molar-refractivity contribution in [2.24, 2.45) is 0 Å². The SMILES string of the molecule is COc1ccc2[nH]c(=O)c([C@@H](c3nnnn3C(C)(C)C)N(Cc3ccco3)C[C@@H]3CCCO3)cc2c1. The lowest BCUT2D eigenvalue weighted by Crippen LogP contribution is -2.40. The van der Waals surface area contributed by atoms with Gasteiger partial charge in [0.25, 0.3) is 5.56 Å². The number of hydrogen-bond donors (Lipinski definition) is 1. The van der Waals surface area contributed by atoms with Crippen molar-refractivity contribution in [3.05, 3.63) is 70.2 Å². The quantitative estimate of drug-likeness (QED) is 0.397. The first-order valence-corrected chi connectivity index (χ1v) is 12.2. The van der Waals surface area contributed by atoms with E-state index in [4.69, 9.17) is 13.9 Å². The summed E-state index contributed by atoms with van der Waals surface area (Å²) in [5, 5.41) is 13.6. The summed E-state index contributed by atoms with van der Waals surface area (Å²) in [6, 6.07) is 10.7. The van der Waals surface area contributed by atoms with Crippen molar-refractivity contribution in [1.29, 1.82) is 0 Å². The van der Waals surface area contributed by atoms with Gasteiger partial charge in [-0.1, -0.05) is 0 Å². The third-order valence-corrected chi connectivity index (χ3v) is 6.51. The first-order valence-electron chi connectivity index (χ1n) is 12.2. The Kier molecular flexibility index (Phi) is 6.63. The monoisotopic (exact) mass is 492 g/mol. The Morgan fingerprint density at radius 1 is 1.28 bits per heavy atom. The van der Waals surface area contributed by atoms with Crippen LogP contribution in [0.2, 0.25) is 0 Å². The van der Waals surface area contributed by atoms with Gasteiger partial charge in [-0.05, 0) is 80.4 Å². The van der Waals surface area contributed by atoms with Crippen LogP contribution in [-0.2, 0) is 16.8 Å². The molecule has 1 aromatic carbocycles. The zero-order valence-corrected chi connectivity index (χ0v) is 21.1. The first kappa shape index (κ1) is 24.2. The molecule has 0 unspecified atom stereocenters. The zero-order valence-electron chi connectivity index (χ0n) is 21.1. The number of aromatic nitrogens is 5. The molecular formula is C26H32N6O4. The predicted octanol–water partition coefficient (Wildman–Crippen LogP) is 3.64. The molecule has 0 saturated carbocycles. The molecule has 3 aromatic heterocycles. The fraction of sp³-hybridized carbons (Fsp3) is 0.462. The lowest BCUT2D eigenvalue weighted by Gasteiger charge is -2.33. The minimum atomic E-state index is -0.548. The number of aromatic amines is 1. The van der Waals surface area contributed by atoms with Crippen molar-refractivity contribution in [1.82, 2.24) is 30.1 Å². The van der Waals surface area contributed by atoms with E-state index in [-0.39, 0.29) is 11.7 Å². The highest BCUT2D eigenvalue weighted by atomic mass is 16.5. The first-order chi connectivity index (χ1) is 17.3. The molecule has 0 radical (unpaired) electrons. The van der Waals surface area contributed by atoms with Crippen LogP contribution in [-0.4, -0.2) is 56.5 Å². The summed E-state index contributed by atoms with van der Waals surface area (Å²) >= 11 is 0. The number of fused-ring (bicyclic) bond motifs is 1. The minimum absolute atomic E-state index is 0.0426. The van der Waals surface area contributed by atoms with Crippen LogP contribution in [0.1, 0.15) is 56.8 Å². The van der Waals surface area contributed by atoms with Gasteiger partial charge in [0, 0.05) is 29.6 Å². The van der Waals surface area contributed by atoms with Crippen molar-refractivity contribution >= 4 is 10.9 Å². The molecular weight excluding hydrogens is 460 g/mol. The number of nitrogens with zero attached hydrogens (tertiary/aromatic N) is 5. The van der Waals surface area contributed by atoms with Crippen LogP contribution >= 0.6 is 0 Å². The summed E-state index contributed by atoms with van der Waals surface area (Å²) < 4.78 is 18.9. The standard InChI is InChI=1S/C26H32N6O4/c1-26(2,3)32-24(28-29-30-32)23(21-14-17-13-18(34-4)9-10-22(17)27-25(21)33)31(15-19-7-5-11-35-19)16-20-8-6-12-36-20/h5,7,9-11,13-14,20,23H,6,8,12,15-16H2,1-4H3,(H,27,33)/t20-,23-/m0/s1. The van der Waals surface area contributed by atoms with Crippen molar-refractivity contribution < 1.29 is 13.9 Å². The Morgan fingerprint density at radius 2 is 2.14 bits per heavy atom. The largest absolute Gasteiger partial charge is 0.497 e. The number of tetrazole rings is 1. The fourth-order valence-electron chi connectivity index (χ4n) is 4.79. The average Bonchev–Trinajstić information content (AvgIpc) is 3.62. The van der Waals surface area contributed by atoms with Crippen molar-refractivity contribution in [2.75, 3.05) is 20.3 Å². The summed E-state index contributed by atoms with van der Waals surface area (Å²) in [5.74, 6) is 2.08. The second-order valence-electron chi connectivity index (χ2n) is 10.2. The Balaban J connectivity index is 1.69. The minimum Gasteiger partial charge on any atom is -0.497 e. The Morgan fingerprint density at radius 3 is 2.83 bits per heavy atom. The van der Waals surface area contributed by atoms with Gasteiger partial charge in [-0.3, -0.25) is 9.69 Å². The molecule has 1 aliphatic heterocycles. The molecule has 190 valence electrons. The number of ether oxygens (including phenoxy) is 2. The smallest absolute Gasteiger partial charge is 0.253 e. The number of methoxy groups -OCH3 is 1. The molecule has 4 heterocycles. The van der Waals surface area contributed by atoms with E-state index in [9.17, 15) is 4.79 Å². The Hall–Kier alpha value is -3.50. The van der Waals surface area contributed by atoms with E-state index in [0.29, 0.717) is 30.2 Å². The van der Waals surface area contributed by atoms with Gasteiger partial charge in [0.15, 0.2) is 5.82 Å². The van der Waals surface area contributed by atoms with Crippen molar-refractivity contribution in [3.8, 4) is 5.75 Å². The van der Waals surface area contributed by atoms with E-state index >= 15 is 0 Å².